The predicted molar refractivity (Wildman–Crippen MR) is 97.4 cm³/mol. The van der Waals surface area contributed by atoms with E-state index in [0.717, 1.165) is 24.9 Å². The van der Waals surface area contributed by atoms with E-state index in [-0.39, 0.29) is 11.9 Å². The normalized spacial score (nSPS) is 18.9. The number of benzene rings is 2. The van der Waals surface area contributed by atoms with E-state index in [0.29, 0.717) is 23.5 Å². The summed E-state index contributed by atoms with van der Waals surface area (Å²) in [6.45, 7) is 2.89. The van der Waals surface area contributed by atoms with E-state index in [1.165, 1.54) is 6.07 Å². The maximum Gasteiger partial charge on any atom is 0.243 e. The van der Waals surface area contributed by atoms with Crippen LogP contribution >= 0.6 is 0 Å². The van der Waals surface area contributed by atoms with Crippen LogP contribution in [0.5, 0.6) is 0 Å². The monoisotopic (exact) mass is 362 g/mol. The van der Waals surface area contributed by atoms with Crippen molar-refractivity contribution in [2.75, 3.05) is 11.9 Å². The Morgan fingerprint density at radius 1 is 1.12 bits per heavy atom. The fraction of sp³-hybridized carbons (Fsp3) is 0.368. The van der Waals surface area contributed by atoms with E-state index in [1.807, 2.05) is 6.92 Å². The number of hydrogen-bond acceptors (Lipinski definition) is 3. The minimum atomic E-state index is -3.46. The fourth-order valence-electron chi connectivity index (χ4n) is 3.15. The fourth-order valence-corrected chi connectivity index (χ4v) is 4.85. The molecule has 1 fully saturated rings. The van der Waals surface area contributed by atoms with Crippen molar-refractivity contribution in [2.45, 2.75) is 43.7 Å². The number of hydrogen-bond donors (Lipinski definition) is 1. The van der Waals surface area contributed by atoms with Gasteiger partial charge >= 0.3 is 0 Å². The Morgan fingerprint density at radius 3 is 2.52 bits per heavy atom. The first-order chi connectivity index (χ1) is 12.0. The maximum atomic E-state index is 13.6. The molecule has 1 saturated heterocycles. The molecule has 0 saturated carbocycles. The van der Waals surface area contributed by atoms with Crippen LogP contribution in [0.2, 0.25) is 0 Å². The van der Waals surface area contributed by atoms with E-state index < -0.39 is 10.0 Å². The quantitative estimate of drug-likeness (QED) is 0.875. The molecule has 25 heavy (non-hydrogen) atoms. The highest BCUT2D eigenvalue weighted by atomic mass is 32.2. The van der Waals surface area contributed by atoms with Gasteiger partial charge in [-0.15, -0.1) is 0 Å². The molecule has 0 radical (unpaired) electrons. The minimum Gasteiger partial charge on any atom is -0.381 e. The molecule has 134 valence electrons. The molecular weight excluding hydrogens is 339 g/mol. The van der Waals surface area contributed by atoms with Crippen LogP contribution in [-0.2, 0) is 16.6 Å². The summed E-state index contributed by atoms with van der Waals surface area (Å²) < 4.78 is 40.8. The molecule has 1 aliphatic rings. The number of halogens is 1. The largest absolute Gasteiger partial charge is 0.381 e. The van der Waals surface area contributed by atoms with E-state index >= 15 is 0 Å². The second-order valence-corrected chi connectivity index (χ2v) is 8.32. The van der Waals surface area contributed by atoms with E-state index in [9.17, 15) is 12.8 Å². The second kappa shape index (κ2) is 7.54. The van der Waals surface area contributed by atoms with Crippen LogP contribution in [-0.4, -0.2) is 25.3 Å². The van der Waals surface area contributed by atoms with Gasteiger partial charge in [-0.25, -0.2) is 12.8 Å². The van der Waals surface area contributed by atoms with Gasteiger partial charge in [-0.2, -0.15) is 4.31 Å². The molecule has 1 aliphatic heterocycles. The lowest BCUT2D eigenvalue weighted by molar-refractivity contribution is 0.268. The van der Waals surface area contributed by atoms with Crippen LogP contribution in [0.25, 0.3) is 0 Å². The summed E-state index contributed by atoms with van der Waals surface area (Å²) in [5, 5.41) is 3.12. The first-order valence-corrected chi connectivity index (χ1v) is 10.0. The first-order valence-electron chi connectivity index (χ1n) is 8.57. The molecule has 0 aliphatic carbocycles. The molecule has 6 heteroatoms. The molecule has 1 atom stereocenters. The summed E-state index contributed by atoms with van der Waals surface area (Å²) in [6.07, 6.45) is 2.89. The van der Waals surface area contributed by atoms with E-state index in [4.69, 9.17) is 0 Å². The van der Waals surface area contributed by atoms with Gasteiger partial charge in [-0.3, -0.25) is 0 Å². The molecule has 1 N–H and O–H groups in total. The standard InChI is InChI=1S/C19H23FN2O2S/c1-15-6-4-5-13-22(15)25(23,24)18-11-9-17(10-12-18)21-14-16-7-2-3-8-19(16)20/h2-3,7-12,15,21H,4-6,13-14H2,1H3. The number of nitrogens with one attached hydrogen (secondary N) is 1. The van der Waals surface area contributed by atoms with Crippen LogP contribution in [0.15, 0.2) is 53.4 Å². The Balaban J connectivity index is 1.70. The molecule has 4 nitrogen and oxygen atoms in total. The van der Waals surface area contributed by atoms with Crippen LogP contribution in [0.4, 0.5) is 10.1 Å². The van der Waals surface area contributed by atoms with E-state index in [2.05, 4.69) is 5.32 Å². The predicted octanol–water partition coefficient (Wildman–Crippen LogP) is 4.00. The van der Waals surface area contributed by atoms with Crippen LogP contribution in [0.1, 0.15) is 31.7 Å². The van der Waals surface area contributed by atoms with Crippen LogP contribution < -0.4 is 5.32 Å². The Labute approximate surface area is 148 Å². The van der Waals surface area contributed by atoms with Crippen molar-refractivity contribution in [1.82, 2.24) is 4.31 Å². The molecule has 2 aromatic rings. The van der Waals surface area contributed by atoms with Gasteiger partial charge in [0.1, 0.15) is 5.82 Å². The van der Waals surface area contributed by atoms with Crippen LogP contribution in [0.3, 0.4) is 0 Å². The van der Waals surface area contributed by atoms with Crippen LogP contribution in [0, 0.1) is 5.82 Å². The highest BCUT2D eigenvalue weighted by molar-refractivity contribution is 7.89. The van der Waals surface area contributed by atoms with Crippen molar-refractivity contribution in [3.8, 4) is 0 Å². The summed E-state index contributed by atoms with van der Waals surface area (Å²) in [6, 6.07) is 13.3. The number of nitrogens with zero attached hydrogens (tertiary/aromatic N) is 1. The summed E-state index contributed by atoms with van der Waals surface area (Å²) >= 11 is 0. The van der Waals surface area contributed by atoms with Gasteiger partial charge < -0.3 is 5.32 Å². The van der Waals surface area contributed by atoms with Gasteiger partial charge in [0.05, 0.1) is 4.90 Å². The van der Waals surface area contributed by atoms with Gasteiger partial charge in [0, 0.05) is 30.4 Å². The average Bonchev–Trinajstić information content (AvgIpc) is 2.61. The summed E-state index contributed by atoms with van der Waals surface area (Å²) in [5.41, 5.74) is 1.33. The molecule has 1 heterocycles. The zero-order valence-electron chi connectivity index (χ0n) is 14.3. The van der Waals surface area contributed by atoms with Crippen molar-refractivity contribution < 1.29 is 12.8 Å². The first kappa shape index (κ1) is 17.9. The Kier molecular flexibility index (Phi) is 5.39. The Morgan fingerprint density at radius 2 is 1.84 bits per heavy atom. The maximum absolute atomic E-state index is 13.6. The van der Waals surface area contributed by atoms with Crippen molar-refractivity contribution in [3.05, 3.63) is 59.9 Å². The smallest absolute Gasteiger partial charge is 0.243 e. The lowest BCUT2D eigenvalue weighted by Gasteiger charge is -2.32. The summed E-state index contributed by atoms with van der Waals surface area (Å²) in [4.78, 5) is 0.303. The molecule has 0 amide bonds. The van der Waals surface area contributed by atoms with Gasteiger partial charge in [0.25, 0.3) is 0 Å². The third-order valence-electron chi connectivity index (χ3n) is 4.64. The van der Waals surface area contributed by atoms with Crippen molar-refractivity contribution >= 4 is 15.7 Å². The zero-order valence-corrected chi connectivity index (χ0v) is 15.1. The Bertz CT molecular complexity index is 822. The summed E-state index contributed by atoms with van der Waals surface area (Å²) in [7, 11) is -3.46. The lowest BCUT2D eigenvalue weighted by Crippen LogP contribution is -2.41. The third-order valence-corrected chi connectivity index (χ3v) is 6.67. The van der Waals surface area contributed by atoms with Crippen molar-refractivity contribution in [3.63, 3.8) is 0 Å². The topological polar surface area (TPSA) is 49.4 Å². The van der Waals surface area contributed by atoms with Crippen molar-refractivity contribution in [1.29, 1.82) is 0 Å². The molecule has 1 unspecified atom stereocenters. The van der Waals surface area contributed by atoms with E-state index in [1.54, 1.807) is 46.8 Å². The molecule has 3 rings (SSSR count). The number of rotatable bonds is 5. The molecule has 2 aromatic carbocycles. The molecule has 0 spiro atoms. The molecular formula is C19H23FN2O2S. The van der Waals surface area contributed by atoms with Gasteiger partial charge in [-0.05, 0) is 50.1 Å². The van der Waals surface area contributed by atoms with Gasteiger partial charge in [0.2, 0.25) is 10.0 Å². The highest BCUT2D eigenvalue weighted by Crippen LogP contribution is 2.26. The molecule has 0 aromatic heterocycles. The lowest BCUT2D eigenvalue weighted by atomic mass is 10.1. The second-order valence-electron chi connectivity index (χ2n) is 6.43. The SMILES string of the molecule is CC1CCCCN1S(=O)(=O)c1ccc(NCc2ccccc2F)cc1. The number of anilines is 1. The molecule has 0 bridgehead atoms. The third kappa shape index (κ3) is 4.02. The summed E-state index contributed by atoms with van der Waals surface area (Å²) in [5.74, 6) is -0.256. The minimum absolute atomic E-state index is 0.0395. The Hall–Kier alpha value is -1.92. The number of sulfonamides is 1. The van der Waals surface area contributed by atoms with Gasteiger partial charge in [0.15, 0.2) is 0 Å². The average molecular weight is 362 g/mol. The van der Waals surface area contributed by atoms with Crippen molar-refractivity contribution in [2.24, 2.45) is 0 Å². The number of piperidine rings is 1. The zero-order chi connectivity index (χ0) is 17.9. The van der Waals surface area contributed by atoms with Gasteiger partial charge in [-0.1, -0.05) is 24.6 Å². The highest BCUT2D eigenvalue weighted by Gasteiger charge is 2.30.